The Morgan fingerprint density at radius 1 is 0.926 bits per heavy atom. The van der Waals surface area contributed by atoms with Crippen molar-refractivity contribution in [1.82, 2.24) is 19.9 Å². The van der Waals surface area contributed by atoms with Gasteiger partial charge in [-0.2, -0.15) is 0 Å². The first kappa shape index (κ1) is 17.2. The highest BCUT2D eigenvalue weighted by atomic mass is 15.3. The maximum Gasteiger partial charge on any atom is 0.134 e. The van der Waals surface area contributed by atoms with Gasteiger partial charge in [-0.25, -0.2) is 15.0 Å². The summed E-state index contributed by atoms with van der Waals surface area (Å²) in [4.78, 5) is 22.4. The number of aryl methyl sites for hydroxylation is 1. The predicted octanol–water partition coefficient (Wildman–Crippen LogP) is 2.51. The van der Waals surface area contributed by atoms with Crippen molar-refractivity contribution in [3.05, 3.63) is 66.4 Å². The van der Waals surface area contributed by atoms with Crippen LogP contribution in [0.1, 0.15) is 11.4 Å². The fourth-order valence-corrected chi connectivity index (χ4v) is 3.21. The summed E-state index contributed by atoms with van der Waals surface area (Å²) in [5.41, 5.74) is 1.12. The Hall–Kier alpha value is -3.22. The van der Waals surface area contributed by atoms with Crippen molar-refractivity contribution in [2.24, 2.45) is 0 Å². The lowest BCUT2D eigenvalue weighted by molar-refractivity contribution is 0.640. The van der Waals surface area contributed by atoms with Crippen LogP contribution < -0.4 is 15.1 Å². The molecule has 0 spiro atoms. The summed E-state index contributed by atoms with van der Waals surface area (Å²) in [7, 11) is 0. The largest absolute Gasteiger partial charge is 0.366 e. The minimum Gasteiger partial charge on any atom is -0.366 e. The lowest BCUT2D eigenvalue weighted by Crippen LogP contribution is -2.47. The average molecular weight is 361 g/mol. The Morgan fingerprint density at radius 2 is 1.74 bits per heavy atom. The normalized spacial score (nSPS) is 14.3. The molecule has 4 heterocycles. The van der Waals surface area contributed by atoms with E-state index in [-0.39, 0.29) is 0 Å². The van der Waals surface area contributed by atoms with Gasteiger partial charge in [0.1, 0.15) is 23.3 Å². The summed E-state index contributed by atoms with van der Waals surface area (Å²) in [6.07, 6.45) is 5.48. The van der Waals surface area contributed by atoms with Crippen molar-refractivity contribution in [2.45, 2.75) is 13.5 Å². The van der Waals surface area contributed by atoms with E-state index in [2.05, 4.69) is 41.1 Å². The Bertz CT molecular complexity index is 862. The molecule has 0 aliphatic carbocycles. The molecule has 1 aliphatic rings. The molecule has 3 aromatic rings. The number of aromatic nitrogens is 4. The first-order chi connectivity index (χ1) is 13.3. The number of piperazine rings is 1. The Balaban J connectivity index is 1.41. The standard InChI is InChI=1S/C20H23N7/c1-16-24-18(23-15-17-5-4-7-21-14-17)13-20(25-16)27-11-9-26(10-12-27)19-6-2-3-8-22-19/h2-8,13-14H,9-12,15H2,1H3,(H,23,24,25). The molecule has 0 saturated carbocycles. The summed E-state index contributed by atoms with van der Waals surface area (Å²) in [5.74, 6) is 3.62. The molecule has 0 radical (unpaired) electrons. The fraction of sp³-hybridized carbons (Fsp3) is 0.300. The van der Waals surface area contributed by atoms with Gasteiger partial charge < -0.3 is 15.1 Å². The molecule has 7 nitrogen and oxygen atoms in total. The van der Waals surface area contributed by atoms with Gasteiger partial charge in [-0.15, -0.1) is 0 Å². The van der Waals surface area contributed by atoms with E-state index >= 15 is 0 Å². The zero-order chi connectivity index (χ0) is 18.5. The van der Waals surface area contributed by atoms with E-state index in [4.69, 9.17) is 0 Å². The molecule has 1 aliphatic heterocycles. The van der Waals surface area contributed by atoms with Crippen LogP contribution in [0.5, 0.6) is 0 Å². The van der Waals surface area contributed by atoms with E-state index in [9.17, 15) is 0 Å². The predicted molar refractivity (Wildman–Crippen MR) is 107 cm³/mol. The van der Waals surface area contributed by atoms with Gasteiger partial charge in [0.25, 0.3) is 0 Å². The van der Waals surface area contributed by atoms with Crippen LogP contribution >= 0.6 is 0 Å². The molecule has 1 saturated heterocycles. The summed E-state index contributed by atoms with van der Waals surface area (Å²) in [6, 6.07) is 12.1. The topological polar surface area (TPSA) is 70.1 Å². The van der Waals surface area contributed by atoms with Crippen molar-refractivity contribution in [3.63, 3.8) is 0 Å². The van der Waals surface area contributed by atoms with E-state index in [1.165, 1.54) is 0 Å². The Morgan fingerprint density at radius 3 is 2.44 bits per heavy atom. The van der Waals surface area contributed by atoms with E-state index in [0.29, 0.717) is 6.54 Å². The first-order valence-electron chi connectivity index (χ1n) is 9.17. The Kier molecular flexibility index (Phi) is 5.09. The quantitative estimate of drug-likeness (QED) is 0.749. The van der Waals surface area contributed by atoms with Crippen LogP contribution in [0.4, 0.5) is 17.5 Å². The lowest BCUT2D eigenvalue weighted by Gasteiger charge is -2.36. The van der Waals surface area contributed by atoms with Crippen molar-refractivity contribution in [2.75, 3.05) is 41.3 Å². The van der Waals surface area contributed by atoms with Crippen LogP contribution in [-0.4, -0.2) is 46.1 Å². The van der Waals surface area contributed by atoms with Gasteiger partial charge in [0.05, 0.1) is 0 Å². The van der Waals surface area contributed by atoms with Gasteiger partial charge in [-0.3, -0.25) is 4.98 Å². The number of hydrogen-bond acceptors (Lipinski definition) is 7. The number of anilines is 3. The van der Waals surface area contributed by atoms with Gasteiger partial charge in [-0.1, -0.05) is 12.1 Å². The van der Waals surface area contributed by atoms with E-state index in [0.717, 1.165) is 55.0 Å². The summed E-state index contributed by atoms with van der Waals surface area (Å²) in [5, 5.41) is 3.38. The monoisotopic (exact) mass is 361 g/mol. The van der Waals surface area contributed by atoms with Gasteiger partial charge in [-0.05, 0) is 30.7 Å². The molecule has 0 amide bonds. The van der Waals surface area contributed by atoms with Gasteiger partial charge in [0, 0.05) is 57.4 Å². The van der Waals surface area contributed by atoms with Gasteiger partial charge >= 0.3 is 0 Å². The maximum absolute atomic E-state index is 4.64. The van der Waals surface area contributed by atoms with Crippen LogP contribution in [0.15, 0.2) is 55.0 Å². The Labute approximate surface area is 159 Å². The fourth-order valence-electron chi connectivity index (χ4n) is 3.21. The van der Waals surface area contributed by atoms with Gasteiger partial charge in [0.2, 0.25) is 0 Å². The highest BCUT2D eigenvalue weighted by Crippen LogP contribution is 2.20. The second-order valence-corrected chi connectivity index (χ2v) is 6.54. The molecule has 0 bridgehead atoms. The number of nitrogens with zero attached hydrogens (tertiary/aromatic N) is 6. The molecule has 7 heteroatoms. The van der Waals surface area contributed by atoms with Crippen molar-refractivity contribution in [3.8, 4) is 0 Å². The second-order valence-electron chi connectivity index (χ2n) is 6.54. The van der Waals surface area contributed by atoms with Crippen molar-refractivity contribution < 1.29 is 0 Å². The van der Waals surface area contributed by atoms with Crippen LogP contribution in [0, 0.1) is 6.92 Å². The van der Waals surface area contributed by atoms with E-state index in [1.54, 1.807) is 6.20 Å². The summed E-state index contributed by atoms with van der Waals surface area (Å²) >= 11 is 0. The average Bonchev–Trinajstić information content (AvgIpc) is 2.73. The summed E-state index contributed by atoms with van der Waals surface area (Å²) in [6.45, 7) is 6.31. The maximum atomic E-state index is 4.64. The first-order valence-corrected chi connectivity index (χ1v) is 9.17. The van der Waals surface area contributed by atoms with Crippen LogP contribution in [0.3, 0.4) is 0 Å². The number of nitrogens with one attached hydrogen (secondary N) is 1. The zero-order valence-electron chi connectivity index (χ0n) is 15.4. The highest BCUT2D eigenvalue weighted by Gasteiger charge is 2.19. The number of hydrogen-bond donors (Lipinski definition) is 1. The van der Waals surface area contributed by atoms with Crippen molar-refractivity contribution in [1.29, 1.82) is 0 Å². The zero-order valence-corrected chi connectivity index (χ0v) is 15.4. The molecule has 3 aromatic heterocycles. The molecule has 0 atom stereocenters. The van der Waals surface area contributed by atoms with E-state index < -0.39 is 0 Å². The highest BCUT2D eigenvalue weighted by molar-refractivity contribution is 5.51. The summed E-state index contributed by atoms with van der Waals surface area (Å²) < 4.78 is 0. The molecule has 1 fully saturated rings. The molecule has 4 rings (SSSR count). The minimum absolute atomic E-state index is 0.692. The molecule has 0 unspecified atom stereocenters. The van der Waals surface area contributed by atoms with Crippen molar-refractivity contribution >= 4 is 17.5 Å². The third-order valence-electron chi connectivity index (χ3n) is 4.60. The van der Waals surface area contributed by atoms with Crippen LogP contribution in [0.2, 0.25) is 0 Å². The molecular formula is C20H23N7. The molecular weight excluding hydrogens is 338 g/mol. The second kappa shape index (κ2) is 7.99. The number of rotatable bonds is 5. The number of pyridine rings is 2. The smallest absolute Gasteiger partial charge is 0.134 e. The SMILES string of the molecule is Cc1nc(NCc2cccnc2)cc(N2CCN(c3ccccn3)CC2)n1. The minimum atomic E-state index is 0.692. The van der Waals surface area contributed by atoms with E-state index in [1.807, 2.05) is 49.6 Å². The molecule has 1 N–H and O–H groups in total. The molecule has 0 aromatic carbocycles. The molecule has 27 heavy (non-hydrogen) atoms. The van der Waals surface area contributed by atoms with Crippen LogP contribution in [-0.2, 0) is 6.54 Å². The van der Waals surface area contributed by atoms with Gasteiger partial charge in [0.15, 0.2) is 0 Å². The lowest BCUT2D eigenvalue weighted by atomic mass is 10.3. The van der Waals surface area contributed by atoms with Crippen LogP contribution in [0.25, 0.3) is 0 Å². The third kappa shape index (κ3) is 4.31. The third-order valence-corrected chi connectivity index (χ3v) is 4.60. The molecule has 138 valence electrons.